The minimum Gasteiger partial charge on any atom is -0.303 e. The third-order valence-corrected chi connectivity index (χ3v) is 0.749. The largest absolute Gasteiger partial charge is 0.303 e. The molecule has 7 heavy (non-hydrogen) atoms. The predicted octanol–water partition coefficient (Wildman–Crippen LogP) is 0.638. The highest BCUT2D eigenvalue weighted by Crippen LogP contribution is 1.87. The van der Waals surface area contributed by atoms with E-state index in [1.165, 1.54) is 0 Å². The fourth-order valence-corrected chi connectivity index (χ4v) is 0.353. The standard InChI is InChI=1S/C5H10NO/c6-4-2-1-3-5-7/h5-6H,1-4H2. The van der Waals surface area contributed by atoms with Crippen molar-refractivity contribution >= 4 is 6.29 Å². The van der Waals surface area contributed by atoms with Crippen LogP contribution in [0.2, 0.25) is 0 Å². The summed E-state index contributed by atoms with van der Waals surface area (Å²) < 4.78 is 0. The van der Waals surface area contributed by atoms with E-state index in [9.17, 15) is 4.79 Å². The van der Waals surface area contributed by atoms with Crippen LogP contribution in [0.15, 0.2) is 0 Å². The van der Waals surface area contributed by atoms with Gasteiger partial charge in [0.1, 0.15) is 6.29 Å². The van der Waals surface area contributed by atoms with Gasteiger partial charge in [-0.1, -0.05) is 0 Å². The first-order valence-electron chi connectivity index (χ1n) is 2.50. The molecule has 0 aromatic rings. The Kier molecular flexibility index (Phi) is 5.33. The highest BCUT2D eigenvalue weighted by atomic mass is 16.1. The Labute approximate surface area is 43.7 Å². The molecule has 0 rings (SSSR count). The second-order valence-electron chi connectivity index (χ2n) is 1.41. The van der Waals surface area contributed by atoms with Crippen molar-refractivity contribution in [2.45, 2.75) is 19.3 Å². The molecule has 0 spiro atoms. The van der Waals surface area contributed by atoms with Crippen LogP contribution < -0.4 is 5.73 Å². The number of unbranched alkanes of at least 4 members (excludes halogenated alkanes) is 2. The first-order chi connectivity index (χ1) is 3.41. The van der Waals surface area contributed by atoms with Gasteiger partial charge in [-0.15, -0.1) is 0 Å². The van der Waals surface area contributed by atoms with Crippen molar-refractivity contribution in [1.29, 1.82) is 0 Å². The summed E-state index contributed by atoms with van der Waals surface area (Å²) in [5.74, 6) is 0. The van der Waals surface area contributed by atoms with Gasteiger partial charge in [0.05, 0.1) is 0 Å². The van der Waals surface area contributed by atoms with Crippen molar-refractivity contribution in [3.63, 3.8) is 0 Å². The maximum absolute atomic E-state index is 9.62. The fourth-order valence-electron chi connectivity index (χ4n) is 0.353. The summed E-state index contributed by atoms with van der Waals surface area (Å²) in [5, 5.41) is 0. The zero-order valence-electron chi connectivity index (χ0n) is 4.31. The van der Waals surface area contributed by atoms with Gasteiger partial charge < -0.3 is 4.79 Å². The average molecular weight is 100 g/mol. The molecule has 0 aromatic carbocycles. The molecule has 41 valence electrons. The zero-order valence-corrected chi connectivity index (χ0v) is 4.31. The van der Waals surface area contributed by atoms with E-state index in [4.69, 9.17) is 5.73 Å². The van der Waals surface area contributed by atoms with Crippen molar-refractivity contribution in [2.24, 2.45) is 0 Å². The van der Waals surface area contributed by atoms with Gasteiger partial charge in [-0.25, -0.2) is 0 Å². The molecule has 1 radical (unpaired) electrons. The number of carbonyl (C=O) groups excluding carboxylic acids is 1. The van der Waals surface area contributed by atoms with E-state index >= 15 is 0 Å². The van der Waals surface area contributed by atoms with Crippen LogP contribution in [0.3, 0.4) is 0 Å². The van der Waals surface area contributed by atoms with Gasteiger partial charge >= 0.3 is 0 Å². The lowest BCUT2D eigenvalue weighted by Crippen LogP contribution is -1.84. The predicted molar refractivity (Wildman–Crippen MR) is 27.9 cm³/mol. The molecule has 0 heterocycles. The SMILES string of the molecule is [NH]CCCCC=O. The quantitative estimate of drug-likeness (QED) is 0.377. The molecule has 0 unspecified atom stereocenters. The minimum absolute atomic E-state index is 0.452. The lowest BCUT2D eigenvalue weighted by Gasteiger charge is -1.85. The fraction of sp³-hybridized carbons (Fsp3) is 0.800. The Balaban J connectivity index is 2.56. The topological polar surface area (TPSA) is 40.9 Å². The van der Waals surface area contributed by atoms with Gasteiger partial charge in [0.15, 0.2) is 0 Å². The Morgan fingerprint density at radius 3 is 2.57 bits per heavy atom. The smallest absolute Gasteiger partial charge is 0.119 e. The third-order valence-electron chi connectivity index (χ3n) is 0.749. The Bertz CT molecular complexity index is 45.3. The monoisotopic (exact) mass is 100 g/mol. The van der Waals surface area contributed by atoms with E-state index in [0.29, 0.717) is 13.0 Å². The molecule has 0 aliphatic carbocycles. The molecule has 0 bridgehead atoms. The van der Waals surface area contributed by atoms with E-state index in [0.717, 1.165) is 19.1 Å². The maximum Gasteiger partial charge on any atom is 0.119 e. The second-order valence-corrected chi connectivity index (χ2v) is 1.41. The highest BCUT2D eigenvalue weighted by Gasteiger charge is 1.80. The molecular weight excluding hydrogens is 90.1 g/mol. The average Bonchev–Trinajstić information content (AvgIpc) is 1.69. The van der Waals surface area contributed by atoms with Crippen LogP contribution in [-0.2, 0) is 4.79 Å². The summed E-state index contributed by atoms with van der Waals surface area (Å²) in [6.07, 6.45) is 3.26. The van der Waals surface area contributed by atoms with Crippen LogP contribution in [0.1, 0.15) is 19.3 Å². The number of aldehydes is 1. The van der Waals surface area contributed by atoms with Gasteiger partial charge in [-0.3, -0.25) is 5.73 Å². The number of carbonyl (C=O) groups is 1. The van der Waals surface area contributed by atoms with Crippen LogP contribution in [0.25, 0.3) is 0 Å². The maximum atomic E-state index is 9.62. The molecule has 0 saturated heterocycles. The molecule has 0 aliphatic rings. The summed E-state index contributed by atoms with van der Waals surface area (Å²) in [6.45, 7) is 0.452. The van der Waals surface area contributed by atoms with Crippen molar-refractivity contribution in [1.82, 2.24) is 5.73 Å². The first kappa shape index (κ1) is 6.63. The zero-order chi connectivity index (χ0) is 5.54. The lowest BCUT2D eigenvalue weighted by molar-refractivity contribution is -0.107. The molecule has 0 amide bonds. The summed E-state index contributed by atoms with van der Waals surface area (Å²) in [7, 11) is 0. The third kappa shape index (κ3) is 5.63. The molecule has 0 aromatic heterocycles. The highest BCUT2D eigenvalue weighted by molar-refractivity contribution is 5.48. The minimum atomic E-state index is 0.452. The van der Waals surface area contributed by atoms with Crippen LogP contribution in [0, 0.1) is 0 Å². The van der Waals surface area contributed by atoms with Crippen molar-refractivity contribution in [3.05, 3.63) is 0 Å². The van der Waals surface area contributed by atoms with E-state index < -0.39 is 0 Å². The summed E-state index contributed by atoms with van der Waals surface area (Å²) in [4.78, 5) is 9.62. The first-order valence-corrected chi connectivity index (χ1v) is 2.50. The molecule has 0 fully saturated rings. The van der Waals surface area contributed by atoms with E-state index in [-0.39, 0.29) is 0 Å². The van der Waals surface area contributed by atoms with Crippen LogP contribution in [-0.4, -0.2) is 12.8 Å². The molecule has 0 aliphatic heterocycles. The number of hydrogen-bond donors (Lipinski definition) is 0. The number of nitrogens with one attached hydrogen (secondary N) is 1. The summed E-state index contributed by atoms with van der Waals surface area (Å²) >= 11 is 0. The number of hydrogen-bond acceptors (Lipinski definition) is 1. The molecule has 0 saturated carbocycles. The van der Waals surface area contributed by atoms with Gasteiger partial charge in [0.25, 0.3) is 0 Å². The second kappa shape index (κ2) is 5.63. The Morgan fingerprint density at radius 1 is 1.43 bits per heavy atom. The van der Waals surface area contributed by atoms with Gasteiger partial charge in [0, 0.05) is 13.0 Å². The van der Waals surface area contributed by atoms with Gasteiger partial charge in [-0.2, -0.15) is 0 Å². The van der Waals surface area contributed by atoms with Gasteiger partial charge in [0.2, 0.25) is 0 Å². The Hall–Kier alpha value is -0.370. The van der Waals surface area contributed by atoms with E-state index in [1.54, 1.807) is 0 Å². The van der Waals surface area contributed by atoms with E-state index in [1.807, 2.05) is 0 Å². The molecule has 2 heteroatoms. The van der Waals surface area contributed by atoms with Crippen LogP contribution in [0.5, 0.6) is 0 Å². The Morgan fingerprint density at radius 2 is 2.14 bits per heavy atom. The summed E-state index contributed by atoms with van der Waals surface area (Å²) in [5.41, 5.74) is 6.67. The normalized spacial score (nSPS) is 8.71. The van der Waals surface area contributed by atoms with Crippen molar-refractivity contribution < 1.29 is 4.79 Å². The lowest BCUT2D eigenvalue weighted by atomic mass is 10.2. The molecular formula is C5H10NO. The van der Waals surface area contributed by atoms with Gasteiger partial charge in [-0.05, 0) is 12.8 Å². The number of rotatable bonds is 4. The summed E-state index contributed by atoms with van der Waals surface area (Å²) in [6, 6.07) is 0. The van der Waals surface area contributed by atoms with Crippen LogP contribution in [0.4, 0.5) is 0 Å². The molecule has 0 atom stereocenters. The van der Waals surface area contributed by atoms with E-state index in [2.05, 4.69) is 0 Å². The molecule has 2 nitrogen and oxygen atoms in total. The van der Waals surface area contributed by atoms with Crippen LogP contribution >= 0.6 is 0 Å². The van der Waals surface area contributed by atoms with Crippen molar-refractivity contribution in [3.8, 4) is 0 Å². The van der Waals surface area contributed by atoms with Crippen molar-refractivity contribution in [2.75, 3.05) is 6.54 Å². The molecule has 1 N–H and O–H groups in total.